The van der Waals surface area contributed by atoms with Crippen molar-refractivity contribution in [1.82, 2.24) is 0 Å². The van der Waals surface area contributed by atoms with Crippen LogP contribution in [0.2, 0.25) is 0 Å². The summed E-state index contributed by atoms with van der Waals surface area (Å²) in [5.74, 6) is -2.59. The maximum atomic E-state index is 13.2. The van der Waals surface area contributed by atoms with Crippen molar-refractivity contribution in [2.75, 3.05) is 0 Å². The summed E-state index contributed by atoms with van der Waals surface area (Å²) in [6.45, 7) is 0. The van der Waals surface area contributed by atoms with Gasteiger partial charge in [-0.05, 0) is 30.3 Å². The Balaban J connectivity index is 2.24. The first-order valence-corrected chi connectivity index (χ1v) is 6.01. The molecule has 0 aromatic heterocycles. The first-order chi connectivity index (χ1) is 10.7. The minimum absolute atomic E-state index is 0.126. The number of esters is 1. The maximum absolute atomic E-state index is 13.2. The number of nitro groups is 1. The molecule has 0 heterocycles. The highest BCUT2D eigenvalue weighted by Crippen LogP contribution is 2.30. The number of halogens is 4. The highest BCUT2D eigenvalue weighted by atomic mass is 19.4. The van der Waals surface area contributed by atoms with Crippen LogP contribution in [0.3, 0.4) is 0 Å². The second-order valence-corrected chi connectivity index (χ2v) is 4.37. The Kier molecular flexibility index (Phi) is 4.30. The summed E-state index contributed by atoms with van der Waals surface area (Å²) in [4.78, 5) is 21.6. The largest absolute Gasteiger partial charge is 0.423 e. The Morgan fingerprint density at radius 1 is 1.09 bits per heavy atom. The maximum Gasteiger partial charge on any atom is 0.416 e. The van der Waals surface area contributed by atoms with Crippen LogP contribution in [0.5, 0.6) is 5.75 Å². The number of carbonyl (C=O) groups excluding carboxylic acids is 1. The molecule has 0 amide bonds. The summed E-state index contributed by atoms with van der Waals surface area (Å²) in [6.07, 6.45) is -4.81. The molecule has 0 spiro atoms. The fraction of sp³-hybridized carbons (Fsp3) is 0.0714. The molecule has 23 heavy (non-hydrogen) atoms. The third-order valence-corrected chi connectivity index (χ3v) is 2.72. The monoisotopic (exact) mass is 329 g/mol. The van der Waals surface area contributed by atoms with Crippen LogP contribution in [-0.2, 0) is 6.18 Å². The molecule has 0 N–H and O–H groups in total. The zero-order valence-corrected chi connectivity index (χ0v) is 11.1. The van der Waals surface area contributed by atoms with Crippen molar-refractivity contribution in [1.29, 1.82) is 0 Å². The average molecular weight is 329 g/mol. The molecule has 0 bridgehead atoms. The van der Waals surface area contributed by atoms with Crippen LogP contribution < -0.4 is 4.74 Å². The molecule has 0 aliphatic carbocycles. The predicted molar refractivity (Wildman–Crippen MR) is 69.5 cm³/mol. The van der Waals surface area contributed by atoms with Crippen molar-refractivity contribution >= 4 is 11.7 Å². The summed E-state index contributed by atoms with van der Waals surface area (Å²) in [7, 11) is 0. The number of nitrogens with zero attached hydrogens (tertiary/aromatic N) is 1. The number of nitro benzene ring substituents is 1. The van der Waals surface area contributed by atoms with E-state index in [1.807, 2.05) is 0 Å². The first-order valence-electron chi connectivity index (χ1n) is 6.01. The minimum Gasteiger partial charge on any atom is -0.423 e. The number of alkyl halides is 3. The van der Waals surface area contributed by atoms with Gasteiger partial charge in [-0.3, -0.25) is 10.1 Å². The lowest BCUT2D eigenvalue weighted by atomic mass is 10.1. The number of ether oxygens (including phenoxy) is 1. The Labute approximate surface area is 126 Å². The van der Waals surface area contributed by atoms with Crippen molar-refractivity contribution in [3.05, 3.63) is 69.5 Å². The average Bonchev–Trinajstić information content (AvgIpc) is 2.46. The zero-order chi connectivity index (χ0) is 17.2. The molecule has 0 aliphatic heterocycles. The lowest BCUT2D eigenvalue weighted by molar-refractivity contribution is -0.384. The van der Waals surface area contributed by atoms with Crippen molar-refractivity contribution < 1.29 is 32.0 Å². The Morgan fingerprint density at radius 2 is 1.70 bits per heavy atom. The molecule has 2 aromatic carbocycles. The molecule has 0 unspecified atom stereocenters. The number of benzene rings is 2. The summed E-state index contributed by atoms with van der Waals surface area (Å²) in [5.41, 5.74) is -2.21. The molecule has 0 radical (unpaired) electrons. The molecule has 5 nitrogen and oxygen atoms in total. The highest BCUT2D eigenvalue weighted by molar-refractivity contribution is 5.91. The first kappa shape index (κ1) is 16.4. The fourth-order valence-electron chi connectivity index (χ4n) is 1.67. The summed E-state index contributed by atoms with van der Waals surface area (Å²) >= 11 is 0. The summed E-state index contributed by atoms with van der Waals surface area (Å²) in [6, 6.07) is 5.60. The number of hydrogen-bond acceptors (Lipinski definition) is 4. The van der Waals surface area contributed by atoms with E-state index in [4.69, 9.17) is 4.74 Å². The van der Waals surface area contributed by atoms with E-state index >= 15 is 0 Å². The van der Waals surface area contributed by atoms with E-state index in [1.54, 1.807) is 0 Å². The van der Waals surface area contributed by atoms with E-state index in [1.165, 1.54) is 0 Å². The molecule has 120 valence electrons. The number of rotatable bonds is 3. The molecule has 0 atom stereocenters. The van der Waals surface area contributed by atoms with Gasteiger partial charge in [-0.1, -0.05) is 0 Å². The SMILES string of the molecule is O=C(Oc1ccc([N+](=O)[O-])cc1)c1cc(F)cc(C(F)(F)F)c1. The van der Waals surface area contributed by atoms with E-state index < -0.39 is 34.0 Å². The standard InChI is InChI=1S/C14H7F4NO4/c15-10-6-8(5-9(7-10)14(16,17)18)13(20)23-12-3-1-11(2-4-12)19(21)22/h1-7H. The van der Waals surface area contributed by atoms with Gasteiger partial charge in [0.05, 0.1) is 16.1 Å². The van der Waals surface area contributed by atoms with E-state index in [-0.39, 0.29) is 17.5 Å². The molecule has 0 aliphatic rings. The van der Waals surface area contributed by atoms with Crippen molar-refractivity contribution in [3.63, 3.8) is 0 Å². The molecular weight excluding hydrogens is 322 g/mol. The number of carbonyl (C=O) groups is 1. The van der Waals surface area contributed by atoms with Crippen LogP contribution >= 0.6 is 0 Å². The van der Waals surface area contributed by atoms with E-state index in [9.17, 15) is 32.5 Å². The summed E-state index contributed by atoms with van der Waals surface area (Å²) in [5, 5.41) is 10.5. The van der Waals surface area contributed by atoms with Gasteiger partial charge in [-0.15, -0.1) is 0 Å². The lowest BCUT2D eigenvalue weighted by Crippen LogP contribution is -2.12. The van der Waals surface area contributed by atoms with Gasteiger partial charge in [0.25, 0.3) is 5.69 Å². The molecular formula is C14H7F4NO4. The van der Waals surface area contributed by atoms with Crippen LogP contribution in [-0.4, -0.2) is 10.9 Å². The summed E-state index contributed by atoms with van der Waals surface area (Å²) < 4.78 is 55.7. The van der Waals surface area contributed by atoms with Crippen molar-refractivity contribution in [2.24, 2.45) is 0 Å². The second kappa shape index (κ2) is 6.03. The van der Waals surface area contributed by atoms with Gasteiger partial charge in [0, 0.05) is 12.1 Å². The van der Waals surface area contributed by atoms with Crippen LogP contribution in [0.25, 0.3) is 0 Å². The van der Waals surface area contributed by atoms with Crippen molar-refractivity contribution in [2.45, 2.75) is 6.18 Å². The van der Waals surface area contributed by atoms with Gasteiger partial charge in [-0.25, -0.2) is 9.18 Å². The number of hydrogen-bond donors (Lipinski definition) is 0. The molecule has 0 saturated carbocycles. The zero-order valence-electron chi connectivity index (χ0n) is 11.1. The Bertz CT molecular complexity index is 756. The molecule has 2 aromatic rings. The normalized spacial score (nSPS) is 11.1. The smallest absolute Gasteiger partial charge is 0.416 e. The second-order valence-electron chi connectivity index (χ2n) is 4.37. The molecule has 0 fully saturated rings. The third kappa shape index (κ3) is 4.02. The minimum atomic E-state index is -4.81. The lowest BCUT2D eigenvalue weighted by Gasteiger charge is -2.09. The molecule has 0 saturated heterocycles. The molecule has 2 rings (SSSR count). The Morgan fingerprint density at radius 3 is 2.22 bits per heavy atom. The van der Waals surface area contributed by atoms with Gasteiger partial charge >= 0.3 is 12.1 Å². The fourth-order valence-corrected chi connectivity index (χ4v) is 1.67. The topological polar surface area (TPSA) is 69.4 Å². The van der Waals surface area contributed by atoms with Crippen molar-refractivity contribution in [3.8, 4) is 5.75 Å². The van der Waals surface area contributed by atoms with E-state index in [0.29, 0.717) is 12.1 Å². The van der Waals surface area contributed by atoms with Crippen LogP contribution in [0.1, 0.15) is 15.9 Å². The van der Waals surface area contributed by atoms with Crippen LogP contribution in [0.4, 0.5) is 23.2 Å². The van der Waals surface area contributed by atoms with E-state index in [2.05, 4.69) is 0 Å². The quantitative estimate of drug-likeness (QED) is 0.281. The van der Waals surface area contributed by atoms with Crippen LogP contribution in [0, 0.1) is 15.9 Å². The van der Waals surface area contributed by atoms with Gasteiger partial charge in [-0.2, -0.15) is 13.2 Å². The number of non-ortho nitro benzene ring substituents is 1. The highest BCUT2D eigenvalue weighted by Gasteiger charge is 2.32. The van der Waals surface area contributed by atoms with Gasteiger partial charge in [0.2, 0.25) is 0 Å². The van der Waals surface area contributed by atoms with E-state index in [0.717, 1.165) is 24.3 Å². The molecule has 9 heteroatoms. The predicted octanol–water partition coefficient (Wildman–Crippen LogP) is 3.97. The van der Waals surface area contributed by atoms with Gasteiger partial charge < -0.3 is 4.74 Å². The third-order valence-electron chi connectivity index (χ3n) is 2.72. The van der Waals surface area contributed by atoms with Gasteiger partial charge in [0.15, 0.2) is 0 Å². The van der Waals surface area contributed by atoms with Gasteiger partial charge in [0.1, 0.15) is 11.6 Å². The van der Waals surface area contributed by atoms with Crippen LogP contribution in [0.15, 0.2) is 42.5 Å². The Hall–Kier alpha value is -2.97.